The number of morpholine rings is 1. The summed E-state index contributed by atoms with van der Waals surface area (Å²) < 4.78 is 5.50. The van der Waals surface area contributed by atoms with E-state index in [-0.39, 0.29) is 0 Å². The van der Waals surface area contributed by atoms with Gasteiger partial charge in [-0.1, -0.05) is 61.9 Å². The molecule has 0 spiro atoms. The molecule has 136 valence electrons. The van der Waals surface area contributed by atoms with Gasteiger partial charge in [-0.15, -0.1) is 0 Å². The normalized spacial score (nSPS) is 16.0. The Kier molecular flexibility index (Phi) is 6.70. The molecule has 1 N–H and O–H groups in total. The first-order valence-electron chi connectivity index (χ1n) is 9.39. The van der Waals surface area contributed by atoms with Gasteiger partial charge in [-0.3, -0.25) is 0 Å². The predicted molar refractivity (Wildman–Crippen MR) is 107 cm³/mol. The van der Waals surface area contributed by atoms with Crippen LogP contribution in [0.2, 0.25) is 0 Å². The maximum absolute atomic E-state index is 5.50. The van der Waals surface area contributed by atoms with E-state index in [0.29, 0.717) is 5.92 Å². The molecule has 0 saturated carbocycles. The Hall–Kier alpha value is -1.59. The lowest BCUT2D eigenvalue weighted by Crippen LogP contribution is -2.36. The highest BCUT2D eigenvalue weighted by Gasteiger charge is 2.19. The first kappa shape index (κ1) is 18.2. The second-order valence-electron chi connectivity index (χ2n) is 6.67. The highest BCUT2D eigenvalue weighted by molar-refractivity contribution is 7.19. The van der Waals surface area contributed by atoms with Crippen molar-refractivity contribution in [1.29, 1.82) is 0 Å². The van der Waals surface area contributed by atoms with Gasteiger partial charge in [0.25, 0.3) is 0 Å². The zero-order valence-electron chi connectivity index (χ0n) is 15.3. The van der Waals surface area contributed by atoms with Gasteiger partial charge in [0.05, 0.1) is 18.9 Å². The fraction of sp³-hybridized carbons (Fsp3) is 0.550. The summed E-state index contributed by atoms with van der Waals surface area (Å²) in [6, 6.07) is 10.7. The quantitative estimate of drug-likeness (QED) is 0.751. The molecule has 0 amide bonds. The molecule has 1 atom stereocenters. The van der Waals surface area contributed by atoms with Crippen molar-refractivity contribution in [3.63, 3.8) is 0 Å². The fourth-order valence-electron chi connectivity index (χ4n) is 3.08. The minimum Gasteiger partial charge on any atom is -0.378 e. The number of unbranched alkanes of at least 4 members (excludes halogenated alkanes) is 1. The van der Waals surface area contributed by atoms with E-state index < -0.39 is 0 Å². The van der Waals surface area contributed by atoms with Crippen molar-refractivity contribution in [3.8, 4) is 0 Å². The van der Waals surface area contributed by atoms with Crippen molar-refractivity contribution in [2.75, 3.05) is 43.1 Å². The first-order valence-corrected chi connectivity index (χ1v) is 10.2. The van der Waals surface area contributed by atoms with Gasteiger partial charge in [-0.2, -0.15) is 0 Å². The molecular weight excluding hydrogens is 330 g/mol. The number of anilines is 2. The van der Waals surface area contributed by atoms with E-state index in [0.717, 1.165) is 44.4 Å². The molecule has 2 heterocycles. The van der Waals surface area contributed by atoms with Gasteiger partial charge < -0.3 is 15.0 Å². The number of thiazole rings is 1. The van der Waals surface area contributed by atoms with Crippen LogP contribution in [0.15, 0.2) is 30.3 Å². The molecule has 1 aliphatic heterocycles. The lowest BCUT2D eigenvalue weighted by atomic mass is 10.0. The number of aromatic nitrogens is 1. The highest BCUT2D eigenvalue weighted by atomic mass is 32.1. The molecule has 5 heteroatoms. The second kappa shape index (κ2) is 9.20. The molecule has 0 bridgehead atoms. The third kappa shape index (κ3) is 4.95. The van der Waals surface area contributed by atoms with Gasteiger partial charge in [0, 0.05) is 19.6 Å². The maximum atomic E-state index is 5.50. The number of aryl methyl sites for hydroxylation is 1. The zero-order chi connectivity index (χ0) is 17.5. The summed E-state index contributed by atoms with van der Waals surface area (Å²) in [5.41, 5.74) is 2.62. The van der Waals surface area contributed by atoms with Gasteiger partial charge in [0.1, 0.15) is 5.00 Å². The van der Waals surface area contributed by atoms with Crippen LogP contribution in [0.3, 0.4) is 0 Å². The van der Waals surface area contributed by atoms with E-state index in [1.165, 1.54) is 29.1 Å². The summed E-state index contributed by atoms with van der Waals surface area (Å²) >= 11 is 1.80. The average Bonchev–Trinajstić information content (AvgIpc) is 3.09. The topological polar surface area (TPSA) is 37.4 Å². The number of benzene rings is 1. The van der Waals surface area contributed by atoms with Crippen LogP contribution in [0, 0.1) is 0 Å². The van der Waals surface area contributed by atoms with E-state index in [1.54, 1.807) is 11.3 Å². The van der Waals surface area contributed by atoms with Crippen LogP contribution in [0.1, 0.15) is 43.9 Å². The van der Waals surface area contributed by atoms with Crippen molar-refractivity contribution in [2.45, 2.75) is 39.0 Å². The molecule has 2 aromatic rings. The van der Waals surface area contributed by atoms with Gasteiger partial charge >= 0.3 is 0 Å². The number of nitrogens with one attached hydrogen (secondary N) is 1. The number of ether oxygens (including phenoxy) is 1. The summed E-state index contributed by atoms with van der Waals surface area (Å²) in [5, 5.41) is 5.96. The average molecular weight is 360 g/mol. The van der Waals surface area contributed by atoms with E-state index in [2.05, 4.69) is 54.4 Å². The standard InChI is InChI=1S/C20H29N3OS/c1-3-4-10-18-19(23-11-13-24-14-12-23)25-20(22-18)21-15-16(2)17-8-6-5-7-9-17/h5-9,16H,3-4,10-15H2,1-2H3,(H,21,22). The largest absolute Gasteiger partial charge is 0.378 e. The van der Waals surface area contributed by atoms with Crippen molar-refractivity contribution in [2.24, 2.45) is 0 Å². The van der Waals surface area contributed by atoms with Crippen molar-refractivity contribution in [1.82, 2.24) is 4.98 Å². The Bertz CT molecular complexity index is 638. The van der Waals surface area contributed by atoms with Crippen LogP contribution in [-0.4, -0.2) is 37.8 Å². The number of hydrogen-bond acceptors (Lipinski definition) is 5. The third-order valence-corrected chi connectivity index (χ3v) is 5.79. The Morgan fingerprint density at radius 1 is 1.24 bits per heavy atom. The summed E-state index contributed by atoms with van der Waals surface area (Å²) in [7, 11) is 0. The maximum Gasteiger partial charge on any atom is 0.184 e. The van der Waals surface area contributed by atoms with Crippen LogP contribution in [0.25, 0.3) is 0 Å². The molecule has 1 saturated heterocycles. The molecule has 0 radical (unpaired) electrons. The fourth-order valence-corrected chi connectivity index (χ4v) is 4.15. The second-order valence-corrected chi connectivity index (χ2v) is 7.64. The van der Waals surface area contributed by atoms with Gasteiger partial charge in [-0.05, 0) is 24.3 Å². The molecular formula is C20H29N3OS. The predicted octanol–water partition coefficient (Wildman–Crippen LogP) is 4.54. The SMILES string of the molecule is CCCCc1nc(NCC(C)c2ccccc2)sc1N1CCOCC1. The van der Waals surface area contributed by atoms with E-state index in [9.17, 15) is 0 Å². The van der Waals surface area contributed by atoms with E-state index in [1.807, 2.05) is 0 Å². The van der Waals surface area contributed by atoms with Crippen LogP contribution in [-0.2, 0) is 11.2 Å². The van der Waals surface area contributed by atoms with Crippen LogP contribution >= 0.6 is 11.3 Å². The van der Waals surface area contributed by atoms with Gasteiger partial charge in [0.15, 0.2) is 5.13 Å². The lowest BCUT2D eigenvalue weighted by molar-refractivity contribution is 0.123. The molecule has 1 aromatic heterocycles. The van der Waals surface area contributed by atoms with Crippen molar-refractivity contribution < 1.29 is 4.74 Å². The minimum atomic E-state index is 0.469. The first-order chi connectivity index (χ1) is 12.3. The highest BCUT2D eigenvalue weighted by Crippen LogP contribution is 2.34. The molecule has 25 heavy (non-hydrogen) atoms. The van der Waals surface area contributed by atoms with Crippen molar-refractivity contribution >= 4 is 21.5 Å². The summed E-state index contributed by atoms with van der Waals surface area (Å²) in [6.45, 7) is 8.99. The van der Waals surface area contributed by atoms with Crippen LogP contribution in [0.5, 0.6) is 0 Å². The summed E-state index contributed by atoms with van der Waals surface area (Å²) in [5.74, 6) is 0.469. The van der Waals surface area contributed by atoms with E-state index >= 15 is 0 Å². The van der Waals surface area contributed by atoms with Crippen LogP contribution in [0.4, 0.5) is 10.1 Å². The zero-order valence-corrected chi connectivity index (χ0v) is 16.1. The molecule has 1 unspecified atom stereocenters. The molecule has 0 aliphatic carbocycles. The van der Waals surface area contributed by atoms with Crippen LogP contribution < -0.4 is 10.2 Å². The lowest BCUT2D eigenvalue weighted by Gasteiger charge is -2.28. The molecule has 4 nitrogen and oxygen atoms in total. The Morgan fingerprint density at radius 2 is 2.00 bits per heavy atom. The number of rotatable bonds is 8. The molecule has 1 aromatic carbocycles. The number of nitrogens with zero attached hydrogens (tertiary/aromatic N) is 2. The monoisotopic (exact) mass is 359 g/mol. The van der Waals surface area contributed by atoms with E-state index in [4.69, 9.17) is 9.72 Å². The van der Waals surface area contributed by atoms with Gasteiger partial charge in [-0.25, -0.2) is 4.98 Å². The summed E-state index contributed by atoms with van der Waals surface area (Å²) in [6.07, 6.45) is 3.46. The Morgan fingerprint density at radius 3 is 2.72 bits per heavy atom. The molecule has 1 fully saturated rings. The van der Waals surface area contributed by atoms with Crippen molar-refractivity contribution in [3.05, 3.63) is 41.6 Å². The smallest absolute Gasteiger partial charge is 0.184 e. The minimum absolute atomic E-state index is 0.469. The number of hydrogen-bond donors (Lipinski definition) is 1. The Balaban J connectivity index is 1.67. The Labute approximate surface area is 155 Å². The summed E-state index contributed by atoms with van der Waals surface area (Å²) in [4.78, 5) is 7.36. The molecule has 3 rings (SSSR count). The van der Waals surface area contributed by atoms with Gasteiger partial charge in [0.2, 0.25) is 0 Å². The third-order valence-electron chi connectivity index (χ3n) is 4.67. The molecule has 1 aliphatic rings.